The molecule has 0 aliphatic rings. The predicted molar refractivity (Wildman–Crippen MR) is 16.6 cm³/mol. The van der Waals surface area contributed by atoms with Gasteiger partial charge >= 0.3 is 0 Å². The minimum absolute atomic E-state index is 0. The standard InChI is InChI=1S/C3H2F3O.Rf/c4-1-3(5,6)2-7;/h1H2;/q-1;. The summed E-state index contributed by atoms with van der Waals surface area (Å²) in [5, 5.41) is 0. The molecule has 0 aliphatic heterocycles. The molecule has 0 N–H and O–H groups in total. The summed E-state index contributed by atoms with van der Waals surface area (Å²) in [6.07, 6.45) is 0.233. The van der Waals surface area contributed by atoms with Crippen LogP contribution in [0.2, 0.25) is 0 Å². The van der Waals surface area contributed by atoms with Crippen LogP contribution in [-0.2, 0) is 4.79 Å². The Morgan fingerprint density at radius 2 is 1.88 bits per heavy atom. The monoisotopic (exact) mass is 378 g/mol. The molecule has 0 fully saturated rings. The zero-order valence-corrected chi connectivity index (χ0v) is 10.4. The van der Waals surface area contributed by atoms with Gasteiger partial charge in [0, 0.05) is 0 Å². The van der Waals surface area contributed by atoms with E-state index in [1.165, 1.54) is 0 Å². The van der Waals surface area contributed by atoms with Gasteiger partial charge in [-0.2, -0.15) is 6.29 Å². The Morgan fingerprint density at radius 3 is 1.88 bits per heavy atom. The Morgan fingerprint density at radius 1 is 1.50 bits per heavy atom. The first kappa shape index (κ1) is 9.68. The quantitative estimate of drug-likeness (QED) is 0.647. The molecule has 0 amide bonds. The van der Waals surface area contributed by atoms with Gasteiger partial charge in [0.2, 0.25) is 0 Å². The molecule has 0 heterocycles. The van der Waals surface area contributed by atoms with E-state index in [-0.39, 0.29) is 6.29 Å². The molecule has 0 radical (unpaired) electrons. The molecule has 0 aromatic carbocycles. The van der Waals surface area contributed by atoms with Gasteiger partial charge in [-0.15, -0.1) is 0 Å². The van der Waals surface area contributed by atoms with Gasteiger partial charge in [-0.05, 0) is 0 Å². The molecule has 0 spiro atoms. The third-order valence-corrected chi connectivity index (χ3v) is 0.317. The van der Waals surface area contributed by atoms with Crippen molar-refractivity contribution in [2.75, 3.05) is 6.67 Å². The van der Waals surface area contributed by atoms with Crippen LogP contribution in [0, 0.1) is 0 Å². The molecule has 0 aliphatic carbocycles. The molecule has 0 rings (SSSR count). The Bertz CT molecular complexity index is 74.9. The summed E-state index contributed by atoms with van der Waals surface area (Å²) < 4.78 is 32.9. The zero-order chi connectivity index (χ0) is 5.91. The summed E-state index contributed by atoms with van der Waals surface area (Å²) in [6, 6.07) is 0. The summed E-state index contributed by atoms with van der Waals surface area (Å²) in [7, 11) is 0. The molecule has 0 saturated carbocycles. The Labute approximate surface area is 38.1 Å². The van der Waals surface area contributed by atoms with Gasteiger partial charge in [0.15, 0.2) is 5.92 Å². The summed E-state index contributed by atoms with van der Waals surface area (Å²) >= 11 is 0. The Hall–Kier alpha value is -1.54. The third-order valence-electron chi connectivity index (χ3n) is 0.317. The van der Waals surface area contributed by atoms with Crippen molar-refractivity contribution in [2.24, 2.45) is 0 Å². The van der Waals surface area contributed by atoms with Crippen LogP contribution in [0.15, 0.2) is 0 Å². The maximum Gasteiger partial charge on any atom is 0.187 e. The van der Waals surface area contributed by atoms with E-state index in [1.54, 1.807) is 0 Å². The number of hydrogen-bond acceptors (Lipinski definition) is 1. The van der Waals surface area contributed by atoms with Gasteiger partial charge < -0.3 is 4.79 Å². The summed E-state index contributed by atoms with van der Waals surface area (Å²) in [5.41, 5.74) is 0. The molecule has 8 heavy (non-hydrogen) atoms. The minimum Gasteiger partial charge on any atom is -0.536 e. The molecule has 0 atom stereocenters. The number of carbonyl (C=O) groups excluding carboxylic acids is 1. The van der Waals surface area contributed by atoms with Crippen molar-refractivity contribution in [1.29, 1.82) is 0 Å². The van der Waals surface area contributed by atoms with Gasteiger partial charge in [0.1, 0.15) is 6.67 Å². The maximum atomic E-state index is 11.1. The van der Waals surface area contributed by atoms with E-state index in [1.807, 2.05) is 0 Å². The van der Waals surface area contributed by atoms with Crippen LogP contribution in [-0.4, -0.2) is 18.9 Å². The van der Waals surface area contributed by atoms with Crippen LogP contribution >= 0.6 is 0 Å². The Balaban J connectivity index is 0. The van der Waals surface area contributed by atoms with E-state index < -0.39 is 12.6 Å². The van der Waals surface area contributed by atoms with Crippen molar-refractivity contribution in [2.45, 2.75) is 5.92 Å². The SMILES string of the molecule is O=[C-]C(F)(F)CF.[Rf]. The first-order valence-corrected chi connectivity index (χ1v) is 1.45. The summed E-state index contributed by atoms with van der Waals surface area (Å²) in [5.74, 6) is -3.89. The van der Waals surface area contributed by atoms with Crippen molar-refractivity contribution in [3.8, 4) is 0 Å². The summed E-state index contributed by atoms with van der Waals surface area (Å²) in [6.45, 7) is -1.96. The van der Waals surface area contributed by atoms with Crippen molar-refractivity contribution in [3.05, 3.63) is 0 Å². The second-order valence-corrected chi connectivity index (χ2v) is 0.940. The fraction of sp³-hybridized carbons (Fsp3) is 0.667. The van der Waals surface area contributed by atoms with Crippen LogP contribution in [0.25, 0.3) is 0 Å². The van der Waals surface area contributed by atoms with Crippen LogP contribution in [0.1, 0.15) is 0 Å². The molecule has 0 bridgehead atoms. The van der Waals surface area contributed by atoms with Crippen molar-refractivity contribution < 1.29 is 18.0 Å². The van der Waals surface area contributed by atoms with E-state index >= 15 is 0 Å². The second-order valence-electron chi connectivity index (χ2n) is 0.940. The molecule has 0 unspecified atom stereocenters. The second kappa shape index (κ2) is 2.60. The van der Waals surface area contributed by atoms with Crippen LogP contribution in [0.3, 0.4) is 0 Å². The van der Waals surface area contributed by atoms with E-state index in [0.717, 1.165) is 0 Å². The van der Waals surface area contributed by atoms with E-state index in [2.05, 4.69) is 0 Å². The number of rotatable bonds is 2. The van der Waals surface area contributed by atoms with Crippen molar-refractivity contribution in [1.82, 2.24) is 0 Å². The largest absolute Gasteiger partial charge is 0.536 e. The zero-order valence-electron chi connectivity index (χ0n) is 3.96. The average molecular weight is 378 g/mol. The van der Waals surface area contributed by atoms with Gasteiger partial charge in [-0.3, -0.25) is 0 Å². The summed E-state index contributed by atoms with van der Waals surface area (Å²) in [4.78, 5) is 8.94. The number of halogens is 3. The molecule has 0 saturated heterocycles. The first-order chi connectivity index (χ1) is 3.12. The van der Waals surface area contributed by atoms with Crippen LogP contribution in [0.4, 0.5) is 13.2 Å². The van der Waals surface area contributed by atoms with Crippen molar-refractivity contribution >= 4 is 6.29 Å². The number of hydrogen-bond donors (Lipinski definition) is 0. The smallest absolute Gasteiger partial charge is 0.187 e. The topological polar surface area (TPSA) is 17.1 Å². The molecule has 0 aromatic rings. The maximum absolute atomic E-state index is 11.1. The molecule has 5 heteroatoms. The number of alkyl halides is 3. The predicted octanol–water partition coefficient (Wildman–Crippen LogP) is 0.701. The van der Waals surface area contributed by atoms with E-state index in [0.29, 0.717) is 0 Å². The fourth-order valence-electron chi connectivity index (χ4n) is 0.0273. The minimum atomic E-state index is -3.89. The van der Waals surface area contributed by atoms with Gasteiger partial charge in [0.25, 0.3) is 0 Å². The normalized spacial score (nSPS) is 9.88. The molecule has 0 aromatic heterocycles. The van der Waals surface area contributed by atoms with E-state index in [9.17, 15) is 13.2 Å². The molecule has 44 valence electrons. The van der Waals surface area contributed by atoms with E-state index in [4.69, 9.17) is 4.79 Å². The molecular formula is C3H2F3ORf-. The molecule has 1 nitrogen and oxygen atoms in total. The Kier molecular flexibility index (Phi) is 3.15. The van der Waals surface area contributed by atoms with Crippen LogP contribution < -0.4 is 0 Å². The van der Waals surface area contributed by atoms with Gasteiger partial charge in [-0.25, -0.2) is 13.2 Å². The van der Waals surface area contributed by atoms with Crippen LogP contribution in [0.5, 0.6) is 0 Å². The molecular weight excluding hydrogens is 376 g/mol. The van der Waals surface area contributed by atoms with Crippen molar-refractivity contribution in [3.63, 3.8) is 0 Å². The average Bonchev–Trinajstić information content (AvgIpc) is 1.68. The fourth-order valence-corrected chi connectivity index (χ4v) is 0.0273. The van der Waals surface area contributed by atoms with Gasteiger partial charge in [0.05, 0.1) is 0 Å². The van der Waals surface area contributed by atoms with Gasteiger partial charge in [-0.1, -0.05) is 0 Å². The first-order valence-electron chi connectivity index (χ1n) is 1.45. The third kappa shape index (κ3) is 2.68.